The number of rotatable bonds is 4. The van der Waals surface area contributed by atoms with Gasteiger partial charge in [0.05, 0.1) is 17.8 Å². The van der Waals surface area contributed by atoms with Gasteiger partial charge in [-0.05, 0) is 29.8 Å². The zero-order valence-electron chi connectivity index (χ0n) is 11.7. The molecule has 0 unspecified atom stereocenters. The lowest BCUT2D eigenvalue weighted by molar-refractivity contribution is -0.142. The summed E-state index contributed by atoms with van der Waals surface area (Å²) in [5.41, 5.74) is 0. The molecule has 0 N–H and O–H groups in total. The van der Waals surface area contributed by atoms with Crippen LogP contribution >= 0.6 is 11.6 Å². The standard InChI is InChI=1S/C15H15ClO4S/c1-15(16,14(17)20-2)10-21(18,19)13-8-7-11-5-3-4-6-12(11)9-13/h3-9H,10H2,1-2H3/t15-/m0/s1. The minimum Gasteiger partial charge on any atom is -0.468 e. The molecule has 0 fully saturated rings. The Morgan fingerprint density at radius 2 is 1.81 bits per heavy atom. The van der Waals surface area contributed by atoms with Gasteiger partial charge in [-0.2, -0.15) is 0 Å². The van der Waals surface area contributed by atoms with E-state index in [0.29, 0.717) is 0 Å². The highest BCUT2D eigenvalue weighted by Gasteiger charge is 2.37. The summed E-state index contributed by atoms with van der Waals surface area (Å²) in [7, 11) is -2.53. The summed E-state index contributed by atoms with van der Waals surface area (Å²) in [6, 6.07) is 12.3. The highest BCUT2D eigenvalue weighted by molar-refractivity contribution is 7.91. The van der Waals surface area contributed by atoms with Crippen LogP contribution in [0.2, 0.25) is 0 Å². The fourth-order valence-electron chi connectivity index (χ4n) is 2.07. The lowest BCUT2D eigenvalue weighted by atomic mass is 10.1. The third-order valence-electron chi connectivity index (χ3n) is 3.15. The third-order valence-corrected chi connectivity index (χ3v) is 5.53. The van der Waals surface area contributed by atoms with E-state index in [1.165, 1.54) is 20.1 Å². The van der Waals surface area contributed by atoms with Crippen molar-refractivity contribution < 1.29 is 17.9 Å². The van der Waals surface area contributed by atoms with E-state index in [1.807, 2.05) is 24.3 Å². The SMILES string of the molecule is COC(=O)[C@@](C)(Cl)CS(=O)(=O)c1ccc2ccccc2c1. The van der Waals surface area contributed by atoms with Crippen molar-refractivity contribution in [1.82, 2.24) is 0 Å². The number of alkyl halides is 1. The topological polar surface area (TPSA) is 60.4 Å². The van der Waals surface area contributed by atoms with Gasteiger partial charge in [0.25, 0.3) is 0 Å². The van der Waals surface area contributed by atoms with Crippen LogP contribution in [0.4, 0.5) is 0 Å². The van der Waals surface area contributed by atoms with E-state index in [4.69, 9.17) is 11.6 Å². The van der Waals surface area contributed by atoms with E-state index in [1.54, 1.807) is 12.1 Å². The smallest absolute Gasteiger partial charge is 0.327 e. The van der Waals surface area contributed by atoms with Crippen LogP contribution in [0.5, 0.6) is 0 Å². The molecule has 0 aliphatic heterocycles. The molecule has 0 saturated heterocycles. The number of hydrogen-bond donors (Lipinski definition) is 0. The number of fused-ring (bicyclic) bond motifs is 1. The number of methoxy groups -OCH3 is 1. The zero-order valence-corrected chi connectivity index (χ0v) is 13.2. The number of halogens is 1. The van der Waals surface area contributed by atoms with Gasteiger partial charge in [-0.25, -0.2) is 8.42 Å². The normalized spacial score (nSPS) is 14.6. The Kier molecular flexibility index (Phi) is 4.25. The van der Waals surface area contributed by atoms with Crippen molar-refractivity contribution in [3.8, 4) is 0 Å². The van der Waals surface area contributed by atoms with E-state index in [-0.39, 0.29) is 4.90 Å². The molecule has 0 aromatic heterocycles. The van der Waals surface area contributed by atoms with Crippen molar-refractivity contribution in [2.24, 2.45) is 0 Å². The Labute approximate surface area is 128 Å². The second kappa shape index (κ2) is 5.66. The fraction of sp³-hybridized carbons (Fsp3) is 0.267. The van der Waals surface area contributed by atoms with Crippen LogP contribution in [0.25, 0.3) is 10.8 Å². The van der Waals surface area contributed by atoms with Crippen molar-refractivity contribution in [1.29, 1.82) is 0 Å². The van der Waals surface area contributed by atoms with Gasteiger partial charge in [0.15, 0.2) is 14.7 Å². The monoisotopic (exact) mass is 326 g/mol. The predicted octanol–water partition coefficient (Wildman–Crippen LogP) is 2.78. The van der Waals surface area contributed by atoms with Crippen LogP contribution in [-0.4, -0.2) is 32.1 Å². The Balaban J connectivity index is 2.40. The first-order valence-electron chi connectivity index (χ1n) is 6.25. The molecule has 112 valence electrons. The molecule has 2 aromatic carbocycles. The van der Waals surface area contributed by atoms with Gasteiger partial charge in [-0.3, -0.25) is 4.79 Å². The minimum atomic E-state index is -3.70. The van der Waals surface area contributed by atoms with E-state index in [9.17, 15) is 13.2 Å². The van der Waals surface area contributed by atoms with Crippen molar-refractivity contribution in [3.63, 3.8) is 0 Å². The van der Waals surface area contributed by atoms with Gasteiger partial charge < -0.3 is 4.74 Å². The first-order valence-corrected chi connectivity index (χ1v) is 8.28. The molecule has 0 heterocycles. The largest absolute Gasteiger partial charge is 0.468 e. The molecule has 2 aromatic rings. The molecule has 0 radical (unpaired) electrons. The summed E-state index contributed by atoms with van der Waals surface area (Å²) in [5.74, 6) is -1.29. The average molecular weight is 327 g/mol. The maximum absolute atomic E-state index is 12.4. The molecule has 21 heavy (non-hydrogen) atoms. The molecule has 4 nitrogen and oxygen atoms in total. The number of carbonyl (C=O) groups is 1. The Morgan fingerprint density at radius 1 is 1.19 bits per heavy atom. The molecule has 0 spiro atoms. The Morgan fingerprint density at radius 3 is 2.43 bits per heavy atom. The molecule has 2 rings (SSSR count). The molecule has 0 amide bonds. The van der Waals surface area contributed by atoms with Gasteiger partial charge in [0, 0.05) is 0 Å². The lowest BCUT2D eigenvalue weighted by Crippen LogP contribution is -2.37. The summed E-state index contributed by atoms with van der Waals surface area (Å²) < 4.78 is 29.4. The minimum absolute atomic E-state index is 0.136. The first kappa shape index (κ1) is 15.8. The molecule has 0 aliphatic carbocycles. The van der Waals surface area contributed by atoms with Gasteiger partial charge in [-0.15, -0.1) is 11.6 Å². The van der Waals surface area contributed by atoms with Crippen LogP contribution in [0.3, 0.4) is 0 Å². The maximum Gasteiger partial charge on any atom is 0.327 e. The van der Waals surface area contributed by atoms with Crippen LogP contribution in [0, 0.1) is 0 Å². The summed E-state index contributed by atoms with van der Waals surface area (Å²) in [4.78, 5) is 10.1. The summed E-state index contributed by atoms with van der Waals surface area (Å²) in [6.45, 7) is 1.33. The van der Waals surface area contributed by atoms with E-state index >= 15 is 0 Å². The molecular weight excluding hydrogens is 312 g/mol. The van der Waals surface area contributed by atoms with Gasteiger partial charge in [-0.1, -0.05) is 30.3 Å². The molecule has 0 saturated carbocycles. The molecule has 1 atom stereocenters. The predicted molar refractivity (Wildman–Crippen MR) is 82.3 cm³/mol. The summed E-state index contributed by atoms with van der Waals surface area (Å²) >= 11 is 5.99. The van der Waals surface area contributed by atoms with Crippen molar-refractivity contribution >= 4 is 38.2 Å². The van der Waals surface area contributed by atoms with E-state index in [2.05, 4.69) is 4.74 Å². The number of ether oxygens (including phenoxy) is 1. The van der Waals surface area contributed by atoms with Gasteiger partial charge in [0.2, 0.25) is 0 Å². The second-order valence-corrected chi connectivity index (χ2v) is 7.78. The summed E-state index contributed by atoms with van der Waals surface area (Å²) in [6.07, 6.45) is 0. The first-order chi connectivity index (χ1) is 9.76. The van der Waals surface area contributed by atoms with Crippen molar-refractivity contribution in [2.75, 3.05) is 12.9 Å². The van der Waals surface area contributed by atoms with Crippen LogP contribution in [0.15, 0.2) is 47.4 Å². The van der Waals surface area contributed by atoms with E-state index < -0.39 is 26.4 Å². The molecule has 0 aliphatic rings. The Bertz CT molecular complexity index is 781. The number of benzene rings is 2. The summed E-state index contributed by atoms with van der Waals surface area (Å²) in [5, 5.41) is 1.76. The molecule has 6 heteroatoms. The third kappa shape index (κ3) is 3.36. The van der Waals surface area contributed by atoms with Crippen LogP contribution < -0.4 is 0 Å². The van der Waals surface area contributed by atoms with Crippen LogP contribution in [0.1, 0.15) is 6.92 Å². The second-order valence-electron chi connectivity index (χ2n) is 4.96. The number of sulfone groups is 1. The van der Waals surface area contributed by atoms with Crippen LogP contribution in [-0.2, 0) is 19.4 Å². The fourth-order valence-corrected chi connectivity index (χ4v) is 4.16. The highest BCUT2D eigenvalue weighted by Crippen LogP contribution is 2.25. The zero-order chi connectivity index (χ0) is 15.7. The molecule has 0 bridgehead atoms. The van der Waals surface area contributed by atoms with Crippen molar-refractivity contribution in [3.05, 3.63) is 42.5 Å². The average Bonchev–Trinajstić information content (AvgIpc) is 2.44. The quantitative estimate of drug-likeness (QED) is 0.640. The Hall–Kier alpha value is -1.59. The van der Waals surface area contributed by atoms with Gasteiger partial charge >= 0.3 is 5.97 Å². The number of carbonyl (C=O) groups excluding carboxylic acids is 1. The highest BCUT2D eigenvalue weighted by atomic mass is 35.5. The lowest BCUT2D eigenvalue weighted by Gasteiger charge is -2.18. The number of hydrogen-bond acceptors (Lipinski definition) is 4. The number of esters is 1. The molecular formula is C15H15ClO4S. The maximum atomic E-state index is 12.4. The van der Waals surface area contributed by atoms with Crippen molar-refractivity contribution in [2.45, 2.75) is 16.7 Å². The van der Waals surface area contributed by atoms with Gasteiger partial charge in [0.1, 0.15) is 0 Å². The van der Waals surface area contributed by atoms with E-state index in [0.717, 1.165) is 10.8 Å².